The maximum atomic E-state index is 13.8. The first-order chi connectivity index (χ1) is 17.8. The number of aromatic nitrogens is 2. The zero-order valence-electron chi connectivity index (χ0n) is 22.0. The average molecular weight is 571 g/mol. The van der Waals surface area contributed by atoms with Crippen LogP contribution in [-0.2, 0) is 15.8 Å². The van der Waals surface area contributed by atoms with Crippen LogP contribution in [0.25, 0.3) is 11.3 Å². The first-order valence-corrected chi connectivity index (χ1v) is 12.9. The highest BCUT2D eigenvalue weighted by molar-refractivity contribution is 5.94. The summed E-state index contributed by atoms with van der Waals surface area (Å²) in [5.74, 6) is -1.63. The van der Waals surface area contributed by atoms with Gasteiger partial charge in [0.15, 0.2) is 5.69 Å². The molecule has 214 valence electrons. The molecule has 0 radical (unpaired) electrons. The molecule has 2 heterocycles. The second kappa shape index (κ2) is 12.1. The zero-order valence-corrected chi connectivity index (χ0v) is 22.8. The van der Waals surface area contributed by atoms with Crippen LogP contribution >= 0.6 is 12.4 Å². The van der Waals surface area contributed by atoms with Gasteiger partial charge in [-0.3, -0.25) is 24.0 Å². The van der Waals surface area contributed by atoms with Crippen molar-refractivity contribution in [3.05, 3.63) is 41.6 Å². The number of carboxylic acid groups (broad SMARTS) is 1. The topological polar surface area (TPSA) is 105 Å². The van der Waals surface area contributed by atoms with Crippen molar-refractivity contribution >= 4 is 30.1 Å². The summed E-state index contributed by atoms with van der Waals surface area (Å²) in [6, 6.07) is 5.71. The standard InChI is InChI=1S/C27H33F3N4O4.ClH/c1-26(2)15-19(35)16-33(26)12-11-17(13-24(36)37)31-25(38)22-14-23(34(32-22)18-7-3-4-8-18)20-9-5-6-10-21(20)27(28,29)30;/h5-6,9-10,14,17-18H,3-4,7-8,11-13,15-16H2,1-2H3,(H,31,38)(H,36,37);1H/t17-;/m0./s1. The third-order valence-electron chi connectivity index (χ3n) is 7.50. The Labute approximate surface area is 231 Å². The van der Waals surface area contributed by atoms with E-state index in [2.05, 4.69) is 10.4 Å². The average Bonchev–Trinajstić information content (AvgIpc) is 3.55. The molecule has 1 aromatic heterocycles. The van der Waals surface area contributed by atoms with Crippen LogP contribution < -0.4 is 5.32 Å². The second-order valence-electron chi connectivity index (χ2n) is 10.8. The predicted octanol–water partition coefficient (Wildman–Crippen LogP) is 5.12. The maximum Gasteiger partial charge on any atom is 0.417 e. The number of carbonyl (C=O) groups excluding carboxylic acids is 2. The first kappa shape index (κ1) is 30.6. The van der Waals surface area contributed by atoms with E-state index < -0.39 is 29.7 Å². The molecule has 1 amide bonds. The van der Waals surface area contributed by atoms with Crippen molar-refractivity contribution < 1.29 is 32.7 Å². The van der Waals surface area contributed by atoms with E-state index in [1.54, 1.807) is 0 Å². The molecule has 4 rings (SSSR count). The number of halogens is 4. The molecule has 2 N–H and O–H groups in total. The van der Waals surface area contributed by atoms with Gasteiger partial charge in [0.2, 0.25) is 0 Å². The summed E-state index contributed by atoms with van der Waals surface area (Å²) in [5, 5.41) is 16.6. The number of hydrogen-bond donors (Lipinski definition) is 2. The molecule has 2 aromatic rings. The van der Waals surface area contributed by atoms with Crippen LogP contribution in [0, 0.1) is 0 Å². The smallest absolute Gasteiger partial charge is 0.417 e. The van der Waals surface area contributed by atoms with Gasteiger partial charge in [0.05, 0.1) is 30.3 Å². The van der Waals surface area contributed by atoms with E-state index in [0.717, 1.165) is 31.7 Å². The van der Waals surface area contributed by atoms with E-state index in [1.165, 1.54) is 28.9 Å². The largest absolute Gasteiger partial charge is 0.481 e. The summed E-state index contributed by atoms with van der Waals surface area (Å²) < 4.78 is 42.9. The Hall–Kier alpha value is -2.92. The molecule has 2 aliphatic rings. The Morgan fingerprint density at radius 1 is 1.21 bits per heavy atom. The third-order valence-corrected chi connectivity index (χ3v) is 7.50. The lowest BCUT2D eigenvalue weighted by atomic mass is 10.0. The summed E-state index contributed by atoms with van der Waals surface area (Å²) in [7, 11) is 0. The molecule has 39 heavy (non-hydrogen) atoms. The normalized spacial score (nSPS) is 18.6. The number of hydrogen-bond acceptors (Lipinski definition) is 5. The molecule has 1 aliphatic heterocycles. The monoisotopic (exact) mass is 570 g/mol. The molecule has 2 fully saturated rings. The van der Waals surface area contributed by atoms with Gasteiger partial charge in [0, 0.05) is 30.1 Å². The lowest BCUT2D eigenvalue weighted by Crippen LogP contribution is -2.43. The summed E-state index contributed by atoms with van der Waals surface area (Å²) >= 11 is 0. The third kappa shape index (κ3) is 7.19. The van der Waals surface area contributed by atoms with Crippen LogP contribution in [0.1, 0.15) is 80.9 Å². The van der Waals surface area contributed by atoms with Gasteiger partial charge in [0.1, 0.15) is 5.78 Å². The van der Waals surface area contributed by atoms with Gasteiger partial charge < -0.3 is 10.4 Å². The van der Waals surface area contributed by atoms with Crippen molar-refractivity contribution in [2.45, 2.75) is 82.6 Å². The molecular formula is C27H34ClF3N4O4. The molecule has 12 heteroatoms. The number of benzene rings is 1. The summed E-state index contributed by atoms with van der Waals surface area (Å²) in [4.78, 5) is 38.6. The molecule has 0 spiro atoms. The van der Waals surface area contributed by atoms with Gasteiger partial charge in [0.25, 0.3) is 5.91 Å². The Bertz CT molecular complexity index is 1210. The van der Waals surface area contributed by atoms with Crippen LogP contribution in [-0.4, -0.2) is 62.1 Å². The number of carbonyl (C=O) groups is 3. The molecule has 1 saturated carbocycles. The highest BCUT2D eigenvalue weighted by Crippen LogP contribution is 2.40. The number of carboxylic acids is 1. The van der Waals surface area contributed by atoms with E-state index in [9.17, 15) is 32.7 Å². The first-order valence-electron chi connectivity index (χ1n) is 12.9. The van der Waals surface area contributed by atoms with Gasteiger partial charge in [-0.2, -0.15) is 18.3 Å². The number of aliphatic carboxylic acids is 1. The second-order valence-corrected chi connectivity index (χ2v) is 10.8. The van der Waals surface area contributed by atoms with Gasteiger partial charge in [-0.15, -0.1) is 12.4 Å². The van der Waals surface area contributed by atoms with Crippen molar-refractivity contribution in [2.75, 3.05) is 13.1 Å². The number of ketones is 1. The molecule has 1 atom stereocenters. The highest BCUT2D eigenvalue weighted by atomic mass is 35.5. The number of nitrogens with one attached hydrogen (secondary N) is 1. The zero-order chi connectivity index (χ0) is 27.7. The Kier molecular flexibility index (Phi) is 9.48. The molecule has 1 aromatic carbocycles. The molecular weight excluding hydrogens is 537 g/mol. The quantitative estimate of drug-likeness (QED) is 0.433. The lowest BCUT2D eigenvalue weighted by Gasteiger charge is -2.31. The van der Waals surface area contributed by atoms with Crippen LogP contribution in [0.15, 0.2) is 30.3 Å². The van der Waals surface area contributed by atoms with Crippen LogP contribution in [0.5, 0.6) is 0 Å². The fourth-order valence-corrected chi connectivity index (χ4v) is 5.55. The van der Waals surface area contributed by atoms with Crippen molar-refractivity contribution in [2.24, 2.45) is 0 Å². The van der Waals surface area contributed by atoms with E-state index in [1.807, 2.05) is 18.7 Å². The Morgan fingerprint density at radius 3 is 2.46 bits per heavy atom. The number of likely N-dealkylation sites (tertiary alicyclic amines) is 1. The summed E-state index contributed by atoms with van der Waals surface area (Å²) in [6.45, 7) is 4.57. The minimum atomic E-state index is -4.58. The number of rotatable bonds is 9. The molecule has 1 saturated heterocycles. The van der Waals surface area contributed by atoms with Crippen LogP contribution in [0.3, 0.4) is 0 Å². The number of Topliss-reactive ketones (excluding diaryl/α,β-unsaturated/α-hetero) is 1. The molecule has 1 aliphatic carbocycles. The van der Waals surface area contributed by atoms with E-state index in [4.69, 9.17) is 0 Å². The van der Waals surface area contributed by atoms with Crippen LogP contribution in [0.4, 0.5) is 13.2 Å². The van der Waals surface area contributed by atoms with Gasteiger partial charge >= 0.3 is 12.1 Å². The fraction of sp³-hybridized carbons (Fsp3) is 0.556. The summed E-state index contributed by atoms with van der Waals surface area (Å²) in [5.41, 5.74) is -1.06. The number of nitrogens with zero attached hydrogens (tertiary/aromatic N) is 3. The van der Waals surface area contributed by atoms with Crippen LogP contribution in [0.2, 0.25) is 0 Å². The predicted molar refractivity (Wildman–Crippen MR) is 141 cm³/mol. The van der Waals surface area contributed by atoms with Gasteiger partial charge in [-0.1, -0.05) is 31.0 Å². The molecule has 0 bridgehead atoms. The van der Waals surface area contributed by atoms with Crippen molar-refractivity contribution in [3.8, 4) is 11.3 Å². The minimum Gasteiger partial charge on any atom is -0.481 e. The van der Waals surface area contributed by atoms with Crippen molar-refractivity contribution in [1.82, 2.24) is 20.0 Å². The van der Waals surface area contributed by atoms with Gasteiger partial charge in [-0.05, 0) is 45.2 Å². The minimum absolute atomic E-state index is 0. The van der Waals surface area contributed by atoms with E-state index >= 15 is 0 Å². The Morgan fingerprint density at radius 2 is 1.87 bits per heavy atom. The fourth-order valence-electron chi connectivity index (χ4n) is 5.55. The molecule has 0 unspecified atom stereocenters. The SMILES string of the molecule is CC1(C)CC(=O)CN1CC[C@@H](CC(=O)O)NC(=O)c1cc(-c2ccccc2C(F)(F)F)n(C2CCCC2)n1.Cl. The number of alkyl halides is 3. The van der Waals surface area contributed by atoms with Gasteiger partial charge in [-0.25, -0.2) is 0 Å². The highest BCUT2D eigenvalue weighted by Gasteiger charge is 2.38. The number of amides is 1. The van der Waals surface area contributed by atoms with E-state index in [0.29, 0.717) is 19.4 Å². The lowest BCUT2D eigenvalue weighted by molar-refractivity contribution is -0.138. The van der Waals surface area contributed by atoms with Crippen molar-refractivity contribution in [3.63, 3.8) is 0 Å². The maximum absolute atomic E-state index is 13.8. The van der Waals surface area contributed by atoms with E-state index in [-0.39, 0.29) is 59.7 Å². The molecule has 8 nitrogen and oxygen atoms in total. The Balaban J connectivity index is 0.00000420. The summed E-state index contributed by atoms with van der Waals surface area (Å²) in [6.07, 6.45) is -0.884. The van der Waals surface area contributed by atoms with Crippen molar-refractivity contribution in [1.29, 1.82) is 0 Å².